The summed E-state index contributed by atoms with van der Waals surface area (Å²) in [6.45, 7) is 1.93. The molecule has 3 heterocycles. The van der Waals surface area contributed by atoms with Gasteiger partial charge in [-0.05, 0) is 25.0 Å². The first kappa shape index (κ1) is 15.5. The Bertz CT molecular complexity index is 930. The van der Waals surface area contributed by atoms with Crippen molar-refractivity contribution >= 4 is 28.3 Å². The van der Waals surface area contributed by atoms with Gasteiger partial charge in [0, 0.05) is 37.4 Å². The maximum atomic E-state index is 14.1. The van der Waals surface area contributed by atoms with Crippen LogP contribution < -0.4 is 10.2 Å². The number of hydrogen-bond donors (Lipinski definition) is 1. The normalized spacial score (nSPS) is 14.2. The number of rotatable bonds is 3. The van der Waals surface area contributed by atoms with E-state index >= 15 is 0 Å². The number of nitrogens with zero attached hydrogens (tertiary/aromatic N) is 5. The lowest BCUT2D eigenvalue weighted by Crippen LogP contribution is -2.20. The molecule has 0 bridgehead atoms. The Morgan fingerprint density at radius 2 is 2.00 bits per heavy atom. The number of amides is 1. The zero-order chi connectivity index (χ0) is 17.4. The van der Waals surface area contributed by atoms with Crippen molar-refractivity contribution in [3.05, 3.63) is 42.2 Å². The van der Waals surface area contributed by atoms with Gasteiger partial charge in [0.1, 0.15) is 17.0 Å². The molecule has 1 fully saturated rings. The summed E-state index contributed by atoms with van der Waals surface area (Å²) >= 11 is 0. The van der Waals surface area contributed by atoms with Crippen molar-refractivity contribution in [1.29, 1.82) is 0 Å². The third-order valence-electron chi connectivity index (χ3n) is 4.24. The molecule has 0 aliphatic carbocycles. The molecule has 0 atom stereocenters. The zero-order valence-electron chi connectivity index (χ0n) is 13.7. The Hall–Kier alpha value is -3.03. The highest BCUT2D eigenvalue weighted by Gasteiger charge is 2.16. The first-order chi connectivity index (χ1) is 12.1. The predicted octanol–water partition coefficient (Wildman–Crippen LogP) is 2.35. The Morgan fingerprint density at radius 1 is 1.20 bits per heavy atom. The van der Waals surface area contributed by atoms with E-state index in [2.05, 4.69) is 25.3 Å². The second kappa shape index (κ2) is 6.12. The number of aryl methyl sites for hydroxylation is 1. The molecule has 1 saturated heterocycles. The van der Waals surface area contributed by atoms with Gasteiger partial charge in [0.25, 0.3) is 5.91 Å². The minimum atomic E-state index is -0.483. The SMILES string of the molecule is Cn1cc2cc(NC(=O)c3cnc(N4CCCC4)cn3)cc(F)c2n1. The number of hydrogen-bond acceptors (Lipinski definition) is 5. The molecule has 4 rings (SSSR count). The van der Waals surface area contributed by atoms with Gasteiger partial charge in [-0.3, -0.25) is 9.48 Å². The van der Waals surface area contributed by atoms with Crippen LogP contribution in [0.4, 0.5) is 15.9 Å². The van der Waals surface area contributed by atoms with Crippen molar-refractivity contribution in [1.82, 2.24) is 19.7 Å². The number of benzene rings is 1. The fourth-order valence-electron chi connectivity index (χ4n) is 3.03. The summed E-state index contributed by atoms with van der Waals surface area (Å²) < 4.78 is 15.6. The Morgan fingerprint density at radius 3 is 2.72 bits per heavy atom. The summed E-state index contributed by atoms with van der Waals surface area (Å²) in [6.07, 6.45) is 7.03. The fraction of sp³-hybridized carbons (Fsp3) is 0.294. The number of anilines is 2. The number of aromatic nitrogens is 4. The molecule has 2 aromatic heterocycles. The van der Waals surface area contributed by atoms with Crippen LogP contribution >= 0.6 is 0 Å². The molecular formula is C17H17FN6O. The molecule has 1 aliphatic rings. The lowest BCUT2D eigenvalue weighted by atomic mass is 10.2. The van der Waals surface area contributed by atoms with Crippen molar-refractivity contribution in [3.8, 4) is 0 Å². The van der Waals surface area contributed by atoms with E-state index in [-0.39, 0.29) is 11.2 Å². The van der Waals surface area contributed by atoms with E-state index in [0.29, 0.717) is 11.1 Å². The molecule has 0 spiro atoms. The maximum absolute atomic E-state index is 14.1. The molecule has 0 radical (unpaired) electrons. The molecule has 1 N–H and O–H groups in total. The van der Waals surface area contributed by atoms with Gasteiger partial charge in [0.15, 0.2) is 5.82 Å². The van der Waals surface area contributed by atoms with E-state index in [1.54, 1.807) is 25.5 Å². The number of halogens is 1. The second-order valence-corrected chi connectivity index (χ2v) is 6.11. The van der Waals surface area contributed by atoms with Gasteiger partial charge in [-0.25, -0.2) is 14.4 Å². The number of fused-ring (bicyclic) bond motifs is 1. The number of carbonyl (C=O) groups is 1. The van der Waals surface area contributed by atoms with Crippen LogP contribution in [0.1, 0.15) is 23.3 Å². The summed E-state index contributed by atoms with van der Waals surface area (Å²) in [4.78, 5) is 23.0. The smallest absolute Gasteiger partial charge is 0.275 e. The van der Waals surface area contributed by atoms with Gasteiger partial charge in [-0.15, -0.1) is 0 Å². The monoisotopic (exact) mass is 340 g/mol. The summed E-state index contributed by atoms with van der Waals surface area (Å²) in [5, 5.41) is 7.32. The predicted molar refractivity (Wildman–Crippen MR) is 92.1 cm³/mol. The minimum Gasteiger partial charge on any atom is -0.355 e. The van der Waals surface area contributed by atoms with Crippen LogP contribution in [0.15, 0.2) is 30.7 Å². The molecule has 8 heteroatoms. The quantitative estimate of drug-likeness (QED) is 0.792. The average Bonchev–Trinajstić information content (AvgIpc) is 3.24. The van der Waals surface area contributed by atoms with E-state index in [4.69, 9.17) is 0 Å². The standard InChI is InChI=1S/C17H17FN6O/c1-23-10-11-6-12(7-13(18)16(11)22-23)21-17(25)14-8-20-15(9-19-14)24-4-2-3-5-24/h6-10H,2-5H2,1H3,(H,21,25). The third-order valence-corrected chi connectivity index (χ3v) is 4.24. The van der Waals surface area contributed by atoms with Gasteiger partial charge >= 0.3 is 0 Å². The largest absolute Gasteiger partial charge is 0.355 e. The van der Waals surface area contributed by atoms with Crippen LogP contribution in [0.3, 0.4) is 0 Å². The lowest BCUT2D eigenvalue weighted by molar-refractivity contribution is 0.102. The van der Waals surface area contributed by atoms with E-state index in [1.165, 1.54) is 16.9 Å². The Kier molecular flexibility index (Phi) is 3.79. The van der Waals surface area contributed by atoms with Crippen LogP contribution in [-0.4, -0.2) is 38.7 Å². The topological polar surface area (TPSA) is 75.9 Å². The van der Waals surface area contributed by atoms with Crippen LogP contribution in [0.2, 0.25) is 0 Å². The van der Waals surface area contributed by atoms with Crippen molar-refractivity contribution in [2.24, 2.45) is 7.05 Å². The average molecular weight is 340 g/mol. The minimum absolute atomic E-state index is 0.189. The van der Waals surface area contributed by atoms with Crippen LogP contribution in [0.5, 0.6) is 0 Å². The van der Waals surface area contributed by atoms with Crippen LogP contribution in [0, 0.1) is 5.82 Å². The summed E-state index contributed by atoms with van der Waals surface area (Å²) in [5.41, 5.74) is 0.818. The van der Waals surface area contributed by atoms with Gasteiger partial charge < -0.3 is 10.2 Å². The van der Waals surface area contributed by atoms with E-state index in [9.17, 15) is 9.18 Å². The molecule has 1 aliphatic heterocycles. The summed E-state index contributed by atoms with van der Waals surface area (Å²) in [7, 11) is 1.72. The van der Waals surface area contributed by atoms with Crippen molar-refractivity contribution < 1.29 is 9.18 Å². The molecule has 1 aromatic carbocycles. The number of nitrogens with one attached hydrogen (secondary N) is 1. The molecular weight excluding hydrogens is 323 g/mol. The van der Waals surface area contributed by atoms with Crippen LogP contribution in [0.25, 0.3) is 10.9 Å². The van der Waals surface area contributed by atoms with Gasteiger partial charge in [-0.1, -0.05) is 0 Å². The Balaban J connectivity index is 1.53. The van der Waals surface area contributed by atoms with Crippen molar-refractivity contribution in [3.63, 3.8) is 0 Å². The highest BCUT2D eigenvalue weighted by molar-refractivity contribution is 6.03. The maximum Gasteiger partial charge on any atom is 0.275 e. The molecule has 1 amide bonds. The fourth-order valence-corrected chi connectivity index (χ4v) is 3.03. The zero-order valence-corrected chi connectivity index (χ0v) is 13.7. The van der Waals surface area contributed by atoms with Gasteiger partial charge in [-0.2, -0.15) is 5.10 Å². The summed E-state index contributed by atoms with van der Waals surface area (Å²) in [5.74, 6) is -0.135. The molecule has 0 unspecified atom stereocenters. The van der Waals surface area contributed by atoms with E-state index < -0.39 is 11.7 Å². The second-order valence-electron chi connectivity index (χ2n) is 6.11. The molecule has 25 heavy (non-hydrogen) atoms. The Labute approximate surface area is 143 Å². The first-order valence-electron chi connectivity index (χ1n) is 8.11. The molecule has 3 aromatic rings. The van der Waals surface area contributed by atoms with Crippen LogP contribution in [-0.2, 0) is 7.05 Å². The lowest BCUT2D eigenvalue weighted by Gasteiger charge is -2.15. The third kappa shape index (κ3) is 3.02. The molecule has 0 saturated carbocycles. The summed E-state index contributed by atoms with van der Waals surface area (Å²) in [6, 6.07) is 2.93. The first-order valence-corrected chi connectivity index (χ1v) is 8.11. The number of carbonyl (C=O) groups excluding carboxylic acids is 1. The van der Waals surface area contributed by atoms with Gasteiger partial charge in [0.2, 0.25) is 0 Å². The van der Waals surface area contributed by atoms with E-state index in [1.807, 2.05) is 0 Å². The van der Waals surface area contributed by atoms with Crippen molar-refractivity contribution in [2.45, 2.75) is 12.8 Å². The van der Waals surface area contributed by atoms with E-state index in [0.717, 1.165) is 31.7 Å². The molecule has 7 nitrogen and oxygen atoms in total. The molecule has 128 valence electrons. The van der Waals surface area contributed by atoms with Gasteiger partial charge in [0.05, 0.1) is 12.4 Å². The van der Waals surface area contributed by atoms with Crippen molar-refractivity contribution in [2.75, 3.05) is 23.3 Å². The highest BCUT2D eigenvalue weighted by Crippen LogP contribution is 2.22. The highest BCUT2D eigenvalue weighted by atomic mass is 19.1.